The van der Waals surface area contributed by atoms with Crippen LogP contribution in [-0.2, 0) is 0 Å². The molecular formula is C11H15N5. The van der Waals surface area contributed by atoms with E-state index < -0.39 is 0 Å². The molecule has 0 aliphatic rings. The summed E-state index contributed by atoms with van der Waals surface area (Å²) in [5.74, 6) is 0.945. The largest absolute Gasteiger partial charge is 0.397 e. The van der Waals surface area contributed by atoms with Crippen molar-refractivity contribution in [2.24, 2.45) is 10.9 Å². The average molecular weight is 217 g/mol. The Kier molecular flexibility index (Phi) is 4.28. The summed E-state index contributed by atoms with van der Waals surface area (Å²) in [5.41, 5.74) is 6.90. The van der Waals surface area contributed by atoms with Crippen molar-refractivity contribution >= 4 is 11.5 Å². The number of nitrogens with two attached hydrogens (primary N) is 1. The number of nitrogen functional groups attached to an aromatic ring is 1. The maximum absolute atomic E-state index is 8.64. The van der Waals surface area contributed by atoms with E-state index in [0.29, 0.717) is 24.0 Å². The average Bonchev–Trinajstić information content (AvgIpc) is 2.24. The Morgan fingerprint density at radius 1 is 1.62 bits per heavy atom. The number of nitrogens with zero attached hydrogens (tertiary/aromatic N) is 3. The van der Waals surface area contributed by atoms with Gasteiger partial charge in [-0.15, -0.1) is 0 Å². The summed E-state index contributed by atoms with van der Waals surface area (Å²) in [5, 5.41) is 11.2. The van der Waals surface area contributed by atoms with Crippen LogP contribution in [0.2, 0.25) is 0 Å². The number of anilines is 1. The highest BCUT2D eigenvalue weighted by Crippen LogP contribution is 2.05. The molecule has 16 heavy (non-hydrogen) atoms. The minimum absolute atomic E-state index is 0.435. The fraction of sp³-hybridized carbons (Fsp3) is 0.364. The zero-order chi connectivity index (χ0) is 12.0. The molecule has 84 valence electrons. The van der Waals surface area contributed by atoms with Crippen molar-refractivity contribution in [1.82, 2.24) is 10.3 Å². The lowest BCUT2D eigenvalue weighted by molar-refractivity contribution is 0.664. The fourth-order valence-electron chi connectivity index (χ4n) is 1.12. The zero-order valence-corrected chi connectivity index (χ0v) is 9.44. The van der Waals surface area contributed by atoms with Crippen LogP contribution in [0.15, 0.2) is 23.5 Å². The second-order valence-electron chi connectivity index (χ2n) is 3.83. The van der Waals surface area contributed by atoms with Gasteiger partial charge in [0.1, 0.15) is 5.84 Å². The number of hydrogen-bond acceptors (Lipinski definition) is 4. The summed E-state index contributed by atoms with van der Waals surface area (Å²) in [4.78, 5) is 8.27. The quantitative estimate of drug-likeness (QED) is 0.344. The van der Waals surface area contributed by atoms with Gasteiger partial charge in [-0.1, -0.05) is 13.8 Å². The van der Waals surface area contributed by atoms with Gasteiger partial charge >= 0.3 is 0 Å². The lowest BCUT2D eigenvalue weighted by atomic mass is 10.2. The first-order chi connectivity index (χ1) is 7.63. The summed E-state index contributed by atoms with van der Waals surface area (Å²) in [6.45, 7) is 4.77. The van der Waals surface area contributed by atoms with Crippen molar-refractivity contribution < 1.29 is 0 Å². The van der Waals surface area contributed by atoms with Crippen molar-refractivity contribution in [2.75, 3.05) is 12.3 Å². The van der Waals surface area contributed by atoms with E-state index in [-0.39, 0.29) is 0 Å². The number of hydrogen-bond donors (Lipinski definition) is 2. The number of amidine groups is 1. The topological polar surface area (TPSA) is 87.1 Å². The fourth-order valence-corrected chi connectivity index (χ4v) is 1.12. The normalized spacial score (nSPS) is 11.2. The first-order valence-corrected chi connectivity index (χ1v) is 5.04. The molecule has 0 amide bonds. The lowest BCUT2D eigenvalue weighted by Crippen LogP contribution is -2.20. The van der Waals surface area contributed by atoms with Crippen molar-refractivity contribution in [2.45, 2.75) is 13.8 Å². The Morgan fingerprint density at radius 3 is 2.94 bits per heavy atom. The molecular weight excluding hydrogens is 202 g/mol. The Bertz CT molecular complexity index is 417. The molecule has 3 N–H and O–H groups in total. The van der Waals surface area contributed by atoms with Gasteiger partial charge < -0.3 is 5.73 Å². The van der Waals surface area contributed by atoms with Crippen LogP contribution in [0.25, 0.3) is 0 Å². The zero-order valence-electron chi connectivity index (χ0n) is 9.44. The molecule has 1 rings (SSSR count). The van der Waals surface area contributed by atoms with Crippen LogP contribution in [0.5, 0.6) is 0 Å². The molecule has 0 spiro atoms. The maximum atomic E-state index is 8.64. The molecule has 0 aliphatic heterocycles. The van der Waals surface area contributed by atoms with Crippen LogP contribution in [0.3, 0.4) is 0 Å². The monoisotopic (exact) mass is 217 g/mol. The number of rotatable bonds is 3. The van der Waals surface area contributed by atoms with E-state index in [2.05, 4.69) is 29.1 Å². The number of pyridine rings is 1. The van der Waals surface area contributed by atoms with E-state index in [9.17, 15) is 0 Å². The van der Waals surface area contributed by atoms with Crippen LogP contribution in [0.4, 0.5) is 5.69 Å². The molecule has 5 nitrogen and oxygen atoms in total. The number of aromatic nitrogens is 1. The van der Waals surface area contributed by atoms with Crippen LogP contribution in [-0.4, -0.2) is 17.4 Å². The van der Waals surface area contributed by atoms with Gasteiger partial charge in [0.2, 0.25) is 0 Å². The van der Waals surface area contributed by atoms with Gasteiger partial charge in [0.05, 0.1) is 5.69 Å². The molecule has 0 saturated carbocycles. The highest BCUT2D eigenvalue weighted by atomic mass is 15.0. The summed E-state index contributed by atoms with van der Waals surface area (Å²) < 4.78 is 0. The predicted molar refractivity (Wildman–Crippen MR) is 63.6 cm³/mol. The maximum Gasteiger partial charge on any atom is 0.182 e. The van der Waals surface area contributed by atoms with E-state index in [0.717, 1.165) is 5.56 Å². The van der Waals surface area contributed by atoms with Gasteiger partial charge in [0.25, 0.3) is 0 Å². The molecule has 1 heterocycles. The SMILES string of the molecule is CC(C)CN=C(NC#N)c1cncc(N)c1. The Balaban J connectivity index is 2.94. The van der Waals surface area contributed by atoms with Crippen molar-refractivity contribution in [3.8, 4) is 6.19 Å². The van der Waals surface area contributed by atoms with E-state index in [4.69, 9.17) is 11.0 Å². The molecule has 0 radical (unpaired) electrons. The molecule has 0 atom stereocenters. The molecule has 5 heteroatoms. The Morgan fingerprint density at radius 2 is 2.38 bits per heavy atom. The summed E-state index contributed by atoms with van der Waals surface area (Å²) in [6.07, 6.45) is 5.04. The van der Waals surface area contributed by atoms with Gasteiger partial charge in [0.15, 0.2) is 6.19 Å². The van der Waals surface area contributed by atoms with E-state index in [1.54, 1.807) is 18.5 Å². The third-order valence-electron chi connectivity index (χ3n) is 1.82. The molecule has 0 fully saturated rings. The van der Waals surface area contributed by atoms with Crippen LogP contribution in [0.1, 0.15) is 19.4 Å². The minimum Gasteiger partial charge on any atom is -0.397 e. The predicted octanol–water partition coefficient (Wildman–Crippen LogP) is 1.14. The second-order valence-corrected chi connectivity index (χ2v) is 3.83. The van der Waals surface area contributed by atoms with E-state index in [1.165, 1.54) is 0 Å². The first kappa shape index (κ1) is 12.0. The Hall–Kier alpha value is -2.09. The van der Waals surface area contributed by atoms with Gasteiger partial charge in [0, 0.05) is 24.5 Å². The molecule has 0 unspecified atom stereocenters. The van der Waals surface area contributed by atoms with Gasteiger partial charge in [-0.25, -0.2) is 0 Å². The van der Waals surface area contributed by atoms with Gasteiger partial charge in [-0.05, 0) is 12.0 Å². The molecule has 0 aliphatic carbocycles. The lowest BCUT2D eigenvalue weighted by Gasteiger charge is -2.06. The first-order valence-electron chi connectivity index (χ1n) is 5.04. The molecule has 1 aromatic heterocycles. The van der Waals surface area contributed by atoms with Crippen molar-refractivity contribution in [1.29, 1.82) is 5.26 Å². The molecule has 0 aromatic carbocycles. The number of nitriles is 1. The summed E-state index contributed by atoms with van der Waals surface area (Å²) in [6, 6.07) is 1.73. The Labute approximate surface area is 95.0 Å². The van der Waals surface area contributed by atoms with E-state index >= 15 is 0 Å². The number of aliphatic imine (C=N–C) groups is 1. The smallest absolute Gasteiger partial charge is 0.182 e. The van der Waals surface area contributed by atoms with Crippen LogP contribution in [0, 0.1) is 17.4 Å². The van der Waals surface area contributed by atoms with Gasteiger partial charge in [-0.2, -0.15) is 5.26 Å². The van der Waals surface area contributed by atoms with E-state index in [1.807, 2.05) is 6.19 Å². The molecule has 0 saturated heterocycles. The van der Waals surface area contributed by atoms with Crippen LogP contribution < -0.4 is 11.1 Å². The summed E-state index contributed by atoms with van der Waals surface area (Å²) >= 11 is 0. The second kappa shape index (κ2) is 5.71. The highest BCUT2D eigenvalue weighted by molar-refractivity contribution is 5.99. The standard InChI is InChI=1S/C11H15N5/c1-8(2)4-15-11(16-7-12)9-3-10(13)6-14-5-9/h3,5-6,8H,4,13H2,1-2H3,(H,15,16). The minimum atomic E-state index is 0.435. The van der Waals surface area contributed by atoms with Crippen molar-refractivity contribution in [3.05, 3.63) is 24.0 Å². The van der Waals surface area contributed by atoms with Crippen LogP contribution >= 0.6 is 0 Å². The highest BCUT2D eigenvalue weighted by Gasteiger charge is 2.04. The third-order valence-corrected chi connectivity index (χ3v) is 1.82. The number of nitrogens with one attached hydrogen (secondary N) is 1. The molecule has 0 bridgehead atoms. The van der Waals surface area contributed by atoms with Crippen molar-refractivity contribution in [3.63, 3.8) is 0 Å². The summed E-state index contributed by atoms with van der Waals surface area (Å²) in [7, 11) is 0. The molecule has 1 aromatic rings. The third kappa shape index (κ3) is 3.58. The van der Waals surface area contributed by atoms with Gasteiger partial charge in [-0.3, -0.25) is 15.3 Å².